The summed E-state index contributed by atoms with van der Waals surface area (Å²) < 4.78 is 4.83. The number of rotatable bonds is 3. The summed E-state index contributed by atoms with van der Waals surface area (Å²) >= 11 is 5.32. The first kappa shape index (κ1) is 11.4. The molecule has 0 amide bonds. The fourth-order valence-electron chi connectivity index (χ4n) is 0.556. The molecule has 0 aromatic carbocycles. The first-order chi connectivity index (χ1) is 5.28. The second-order valence-corrected chi connectivity index (χ2v) is 3.59. The van der Waals surface area contributed by atoms with Gasteiger partial charge in [0.15, 0.2) is 0 Å². The molecule has 0 saturated carbocycles. The first-order valence-corrected chi connectivity index (χ1v) is 4.03. The van der Waals surface area contributed by atoms with Gasteiger partial charge in [0.25, 0.3) is 0 Å². The lowest BCUT2D eigenvalue weighted by Gasteiger charge is -2.26. The third-order valence-corrected chi connectivity index (χ3v) is 2.35. The Hall–Kier alpha value is -0.570. The van der Waals surface area contributed by atoms with Gasteiger partial charge >= 0.3 is 5.97 Å². The van der Waals surface area contributed by atoms with Crippen LogP contribution in [-0.4, -0.2) is 17.3 Å². The third-order valence-electron chi connectivity index (χ3n) is 1.87. The van der Waals surface area contributed by atoms with Gasteiger partial charge in [-0.05, 0) is 32.4 Å². The summed E-state index contributed by atoms with van der Waals surface area (Å²) in [4.78, 5) is 21.4. The van der Waals surface area contributed by atoms with Crippen LogP contribution in [0.3, 0.4) is 0 Å². The van der Waals surface area contributed by atoms with Gasteiger partial charge in [-0.25, -0.2) is 0 Å². The zero-order valence-electron chi connectivity index (χ0n) is 7.68. The Morgan fingerprint density at radius 1 is 1.42 bits per heavy atom. The number of hydrogen-bond donors (Lipinski definition) is 0. The minimum Gasteiger partial charge on any atom is -0.462 e. The molecule has 0 rings (SSSR count). The van der Waals surface area contributed by atoms with Crippen molar-refractivity contribution in [3.63, 3.8) is 0 Å². The SMILES string of the molecule is CC(=O)O[C@H](C)C(C)(C)C(=O)Cl. The Kier molecular flexibility index (Phi) is 3.71. The highest BCUT2D eigenvalue weighted by molar-refractivity contribution is 6.64. The van der Waals surface area contributed by atoms with Crippen LogP contribution in [0.4, 0.5) is 0 Å². The van der Waals surface area contributed by atoms with Gasteiger partial charge in [0.2, 0.25) is 5.24 Å². The molecule has 4 heteroatoms. The molecule has 3 nitrogen and oxygen atoms in total. The maximum atomic E-state index is 10.9. The zero-order chi connectivity index (χ0) is 9.94. The lowest BCUT2D eigenvalue weighted by atomic mass is 9.89. The van der Waals surface area contributed by atoms with Crippen LogP contribution in [0.1, 0.15) is 27.7 Å². The van der Waals surface area contributed by atoms with Crippen LogP contribution < -0.4 is 0 Å². The maximum absolute atomic E-state index is 10.9. The average molecular weight is 193 g/mol. The molecule has 1 atom stereocenters. The molecule has 0 radical (unpaired) electrons. The standard InChI is InChI=1S/C8H13ClO3/c1-5(12-6(2)10)8(3,4)7(9)11/h5H,1-4H3/t5-/m1/s1. The fourth-order valence-corrected chi connectivity index (χ4v) is 0.710. The van der Waals surface area contributed by atoms with Gasteiger partial charge in [0.05, 0.1) is 5.41 Å². The first-order valence-electron chi connectivity index (χ1n) is 3.65. The smallest absolute Gasteiger partial charge is 0.302 e. The van der Waals surface area contributed by atoms with Crippen molar-refractivity contribution in [2.24, 2.45) is 5.41 Å². The summed E-state index contributed by atoms with van der Waals surface area (Å²) in [6.45, 7) is 6.21. The van der Waals surface area contributed by atoms with Crippen molar-refractivity contribution in [3.05, 3.63) is 0 Å². The maximum Gasteiger partial charge on any atom is 0.302 e. The fraction of sp³-hybridized carbons (Fsp3) is 0.750. The van der Waals surface area contributed by atoms with Crippen molar-refractivity contribution in [2.75, 3.05) is 0 Å². The molecule has 0 fully saturated rings. The Balaban J connectivity index is 4.35. The van der Waals surface area contributed by atoms with E-state index < -0.39 is 22.7 Å². The van der Waals surface area contributed by atoms with Crippen molar-refractivity contribution in [3.8, 4) is 0 Å². The van der Waals surface area contributed by atoms with Gasteiger partial charge in [-0.2, -0.15) is 0 Å². The van der Waals surface area contributed by atoms with Gasteiger partial charge in [0, 0.05) is 6.92 Å². The van der Waals surface area contributed by atoms with E-state index in [-0.39, 0.29) is 0 Å². The van der Waals surface area contributed by atoms with Crippen LogP contribution in [0.15, 0.2) is 0 Å². The lowest BCUT2D eigenvalue weighted by molar-refractivity contribution is -0.152. The van der Waals surface area contributed by atoms with Crippen molar-refractivity contribution in [1.29, 1.82) is 0 Å². The molecule has 0 N–H and O–H groups in total. The molecular weight excluding hydrogens is 180 g/mol. The number of carbonyl (C=O) groups is 2. The number of halogens is 1. The van der Waals surface area contributed by atoms with E-state index in [1.807, 2.05) is 0 Å². The van der Waals surface area contributed by atoms with Gasteiger partial charge in [0.1, 0.15) is 6.10 Å². The second kappa shape index (κ2) is 3.90. The summed E-state index contributed by atoms with van der Waals surface area (Å²) in [6.07, 6.45) is -0.500. The molecule has 0 aliphatic heterocycles. The van der Waals surface area contributed by atoms with Crippen molar-refractivity contribution in [2.45, 2.75) is 33.8 Å². The highest BCUT2D eigenvalue weighted by Crippen LogP contribution is 2.26. The third kappa shape index (κ3) is 2.81. The van der Waals surface area contributed by atoms with Crippen molar-refractivity contribution >= 4 is 22.8 Å². The molecule has 0 saturated heterocycles. The normalized spacial score (nSPS) is 13.8. The van der Waals surface area contributed by atoms with Crippen LogP contribution in [0, 0.1) is 5.41 Å². The second-order valence-electron chi connectivity index (χ2n) is 3.25. The van der Waals surface area contributed by atoms with Crippen molar-refractivity contribution < 1.29 is 14.3 Å². The van der Waals surface area contributed by atoms with E-state index in [4.69, 9.17) is 16.3 Å². The van der Waals surface area contributed by atoms with E-state index in [9.17, 15) is 9.59 Å². The largest absolute Gasteiger partial charge is 0.462 e. The number of hydrogen-bond acceptors (Lipinski definition) is 3. The molecule has 0 aromatic rings. The van der Waals surface area contributed by atoms with Gasteiger partial charge < -0.3 is 4.74 Å². The molecule has 0 bridgehead atoms. The Labute approximate surface area is 77.0 Å². The van der Waals surface area contributed by atoms with Crippen LogP contribution in [0.25, 0.3) is 0 Å². The van der Waals surface area contributed by atoms with Gasteiger partial charge in [-0.3, -0.25) is 9.59 Å². The van der Waals surface area contributed by atoms with Gasteiger partial charge in [-0.15, -0.1) is 0 Å². The van der Waals surface area contributed by atoms with Crippen LogP contribution >= 0.6 is 11.6 Å². The van der Waals surface area contributed by atoms with Crippen LogP contribution in [0.2, 0.25) is 0 Å². The molecular formula is C8H13ClO3. The van der Waals surface area contributed by atoms with E-state index >= 15 is 0 Å². The van der Waals surface area contributed by atoms with E-state index in [2.05, 4.69) is 0 Å². The summed E-state index contributed by atoms with van der Waals surface area (Å²) in [5.41, 5.74) is -0.826. The predicted octanol–water partition coefficient (Wildman–Crippen LogP) is 1.73. The van der Waals surface area contributed by atoms with E-state index in [1.54, 1.807) is 20.8 Å². The van der Waals surface area contributed by atoms with E-state index in [0.29, 0.717) is 0 Å². The molecule has 0 aliphatic rings. The Bertz CT molecular complexity index is 198. The summed E-state index contributed by atoms with van der Waals surface area (Å²) in [7, 11) is 0. The Morgan fingerprint density at radius 3 is 2.08 bits per heavy atom. The van der Waals surface area contributed by atoms with Gasteiger partial charge in [-0.1, -0.05) is 0 Å². The highest BCUT2D eigenvalue weighted by Gasteiger charge is 2.34. The number of ether oxygens (including phenoxy) is 1. The molecule has 0 aromatic heterocycles. The van der Waals surface area contributed by atoms with Crippen LogP contribution in [0.5, 0.6) is 0 Å². The lowest BCUT2D eigenvalue weighted by Crippen LogP contribution is -2.35. The predicted molar refractivity (Wildman–Crippen MR) is 45.9 cm³/mol. The number of carbonyl (C=O) groups excluding carboxylic acids is 2. The summed E-state index contributed by atoms with van der Waals surface area (Å²) in [5.74, 6) is -0.409. The summed E-state index contributed by atoms with van der Waals surface area (Å²) in [5, 5.41) is -0.503. The van der Waals surface area contributed by atoms with E-state index in [0.717, 1.165) is 0 Å². The topological polar surface area (TPSA) is 43.4 Å². The highest BCUT2D eigenvalue weighted by atomic mass is 35.5. The minimum atomic E-state index is -0.826. The zero-order valence-corrected chi connectivity index (χ0v) is 8.44. The number of esters is 1. The monoisotopic (exact) mass is 192 g/mol. The van der Waals surface area contributed by atoms with Crippen molar-refractivity contribution in [1.82, 2.24) is 0 Å². The molecule has 0 unspecified atom stereocenters. The molecule has 0 spiro atoms. The quantitative estimate of drug-likeness (QED) is 0.505. The molecule has 0 aliphatic carbocycles. The molecule has 12 heavy (non-hydrogen) atoms. The molecule has 0 heterocycles. The molecule has 70 valence electrons. The average Bonchev–Trinajstić information content (AvgIpc) is 1.85. The summed E-state index contributed by atoms with van der Waals surface area (Å²) in [6, 6.07) is 0. The van der Waals surface area contributed by atoms with Crippen LogP contribution in [-0.2, 0) is 14.3 Å². The Morgan fingerprint density at radius 2 is 1.83 bits per heavy atom. The minimum absolute atomic E-state index is 0.409. The van der Waals surface area contributed by atoms with E-state index in [1.165, 1.54) is 6.92 Å².